The van der Waals surface area contributed by atoms with Gasteiger partial charge in [-0.15, -0.1) is 11.6 Å². The van der Waals surface area contributed by atoms with E-state index < -0.39 is 0 Å². The summed E-state index contributed by atoms with van der Waals surface area (Å²) < 4.78 is 5.46. The first-order chi connectivity index (χ1) is 6.02. The Morgan fingerprint density at radius 3 is 2.38 bits per heavy atom. The van der Waals surface area contributed by atoms with Crippen LogP contribution in [0.1, 0.15) is 20.8 Å². The van der Waals surface area contributed by atoms with Crippen LogP contribution in [0, 0.1) is 5.92 Å². The second-order valence-corrected chi connectivity index (χ2v) is 4.76. The molecule has 0 aromatic rings. The van der Waals surface area contributed by atoms with E-state index in [0.29, 0.717) is 5.92 Å². The summed E-state index contributed by atoms with van der Waals surface area (Å²) in [5, 5.41) is 0.218. The van der Waals surface area contributed by atoms with Crippen molar-refractivity contribution in [1.29, 1.82) is 0 Å². The molecule has 80 valence electrons. The molecule has 0 aliphatic heterocycles. The number of alkyl halides is 1. The smallest absolute Gasteiger partial charge is 0.0593 e. The predicted molar refractivity (Wildman–Crippen MR) is 58.5 cm³/mol. The summed E-state index contributed by atoms with van der Waals surface area (Å²) in [6, 6.07) is 0. The van der Waals surface area contributed by atoms with Crippen LogP contribution in [0.5, 0.6) is 0 Å². The van der Waals surface area contributed by atoms with Gasteiger partial charge in [-0.1, -0.05) is 13.8 Å². The molecule has 0 saturated carbocycles. The lowest BCUT2D eigenvalue weighted by atomic mass is 10.2. The van der Waals surface area contributed by atoms with E-state index in [1.165, 1.54) is 0 Å². The Morgan fingerprint density at radius 1 is 1.31 bits per heavy atom. The number of hydrogen-bond donors (Lipinski definition) is 0. The van der Waals surface area contributed by atoms with Gasteiger partial charge < -0.3 is 9.64 Å². The van der Waals surface area contributed by atoms with Crippen LogP contribution in [0.25, 0.3) is 0 Å². The molecule has 0 radical (unpaired) electrons. The molecule has 1 atom stereocenters. The Kier molecular flexibility index (Phi) is 7.72. The molecule has 0 amide bonds. The van der Waals surface area contributed by atoms with Gasteiger partial charge in [0.15, 0.2) is 0 Å². The molecular weight excluding hydrogens is 186 g/mol. The predicted octanol–water partition coefficient (Wildman–Crippen LogP) is 2.22. The van der Waals surface area contributed by atoms with Gasteiger partial charge in [-0.05, 0) is 19.9 Å². The van der Waals surface area contributed by atoms with E-state index in [2.05, 4.69) is 25.8 Å². The minimum Gasteiger partial charge on any atom is -0.380 e. The van der Waals surface area contributed by atoms with Crippen LogP contribution in [-0.4, -0.2) is 43.6 Å². The van der Waals surface area contributed by atoms with Crippen LogP contribution in [0.4, 0.5) is 0 Å². The maximum Gasteiger partial charge on any atom is 0.0593 e. The number of rotatable bonds is 7. The highest BCUT2D eigenvalue weighted by Gasteiger charge is 2.02. The van der Waals surface area contributed by atoms with Gasteiger partial charge in [0.05, 0.1) is 6.61 Å². The van der Waals surface area contributed by atoms with Crippen LogP contribution >= 0.6 is 11.6 Å². The third-order valence-corrected chi connectivity index (χ3v) is 1.77. The summed E-state index contributed by atoms with van der Waals surface area (Å²) in [5.41, 5.74) is 0. The second kappa shape index (κ2) is 7.60. The molecule has 0 heterocycles. The van der Waals surface area contributed by atoms with Gasteiger partial charge in [0.1, 0.15) is 0 Å². The standard InChI is InChI=1S/C10H22ClNO/c1-9(2)8-13-6-5-12(4)7-10(3)11/h9-10H,5-8H2,1-4H3. The molecule has 3 heteroatoms. The number of hydrogen-bond acceptors (Lipinski definition) is 2. The first-order valence-electron chi connectivity index (χ1n) is 4.92. The van der Waals surface area contributed by atoms with Gasteiger partial charge in [-0.3, -0.25) is 0 Å². The zero-order valence-corrected chi connectivity index (χ0v) is 9.97. The lowest BCUT2D eigenvalue weighted by Crippen LogP contribution is -2.28. The molecule has 0 aromatic heterocycles. The topological polar surface area (TPSA) is 12.5 Å². The summed E-state index contributed by atoms with van der Waals surface area (Å²) in [6.07, 6.45) is 0. The minimum atomic E-state index is 0.218. The van der Waals surface area contributed by atoms with Crippen molar-refractivity contribution in [2.75, 3.05) is 33.4 Å². The monoisotopic (exact) mass is 207 g/mol. The highest BCUT2D eigenvalue weighted by atomic mass is 35.5. The zero-order chi connectivity index (χ0) is 10.3. The lowest BCUT2D eigenvalue weighted by molar-refractivity contribution is 0.0918. The van der Waals surface area contributed by atoms with Crippen molar-refractivity contribution in [1.82, 2.24) is 4.90 Å². The Balaban J connectivity index is 3.22. The fraction of sp³-hybridized carbons (Fsp3) is 1.00. The molecule has 13 heavy (non-hydrogen) atoms. The summed E-state index contributed by atoms with van der Waals surface area (Å²) in [4.78, 5) is 2.19. The number of nitrogens with zero attached hydrogens (tertiary/aromatic N) is 1. The van der Waals surface area contributed by atoms with Crippen molar-refractivity contribution in [2.45, 2.75) is 26.1 Å². The molecule has 0 spiro atoms. The molecule has 0 aliphatic rings. The van der Waals surface area contributed by atoms with Crippen molar-refractivity contribution in [3.05, 3.63) is 0 Å². The molecule has 2 nitrogen and oxygen atoms in total. The van der Waals surface area contributed by atoms with E-state index in [1.807, 2.05) is 6.92 Å². The fourth-order valence-electron chi connectivity index (χ4n) is 1.06. The number of ether oxygens (including phenoxy) is 1. The van der Waals surface area contributed by atoms with E-state index in [4.69, 9.17) is 16.3 Å². The van der Waals surface area contributed by atoms with E-state index in [9.17, 15) is 0 Å². The van der Waals surface area contributed by atoms with Gasteiger partial charge >= 0.3 is 0 Å². The van der Waals surface area contributed by atoms with Crippen LogP contribution < -0.4 is 0 Å². The fourth-order valence-corrected chi connectivity index (χ4v) is 1.30. The van der Waals surface area contributed by atoms with E-state index in [1.54, 1.807) is 0 Å². The highest BCUT2D eigenvalue weighted by molar-refractivity contribution is 6.20. The van der Waals surface area contributed by atoms with E-state index in [0.717, 1.165) is 26.3 Å². The molecule has 0 fully saturated rings. The Morgan fingerprint density at radius 2 is 1.92 bits per heavy atom. The van der Waals surface area contributed by atoms with Gasteiger partial charge in [0.2, 0.25) is 0 Å². The van der Waals surface area contributed by atoms with Crippen molar-refractivity contribution < 1.29 is 4.74 Å². The third-order valence-electron chi connectivity index (χ3n) is 1.63. The summed E-state index contributed by atoms with van der Waals surface area (Å²) >= 11 is 5.85. The van der Waals surface area contributed by atoms with Crippen LogP contribution in [0.2, 0.25) is 0 Å². The molecule has 0 saturated heterocycles. The molecule has 0 aliphatic carbocycles. The minimum absolute atomic E-state index is 0.218. The van der Waals surface area contributed by atoms with Crippen molar-refractivity contribution >= 4 is 11.6 Å². The summed E-state index contributed by atoms with van der Waals surface area (Å²) in [6.45, 7) is 9.86. The molecule has 1 unspecified atom stereocenters. The summed E-state index contributed by atoms with van der Waals surface area (Å²) in [5.74, 6) is 0.622. The first kappa shape index (κ1) is 13.2. The van der Waals surface area contributed by atoms with Gasteiger partial charge in [0, 0.05) is 25.1 Å². The maximum absolute atomic E-state index is 5.85. The van der Waals surface area contributed by atoms with Crippen LogP contribution in [0.3, 0.4) is 0 Å². The van der Waals surface area contributed by atoms with Crippen LogP contribution in [0.15, 0.2) is 0 Å². The molecule has 0 N–H and O–H groups in total. The second-order valence-electron chi connectivity index (χ2n) is 4.01. The van der Waals surface area contributed by atoms with Crippen LogP contribution in [-0.2, 0) is 4.74 Å². The highest BCUT2D eigenvalue weighted by Crippen LogP contribution is 1.97. The average Bonchev–Trinajstić information content (AvgIpc) is 1.96. The van der Waals surface area contributed by atoms with Crippen molar-refractivity contribution in [2.24, 2.45) is 5.92 Å². The normalized spacial score (nSPS) is 14.1. The zero-order valence-electron chi connectivity index (χ0n) is 9.22. The number of likely N-dealkylation sites (N-methyl/N-ethyl adjacent to an activating group) is 1. The van der Waals surface area contributed by atoms with E-state index in [-0.39, 0.29) is 5.38 Å². The quantitative estimate of drug-likeness (QED) is 0.469. The molecule has 0 aromatic carbocycles. The van der Waals surface area contributed by atoms with Gasteiger partial charge in [-0.25, -0.2) is 0 Å². The van der Waals surface area contributed by atoms with E-state index >= 15 is 0 Å². The molecule has 0 bridgehead atoms. The molecular formula is C10H22ClNO. The number of halogens is 1. The Labute approximate surface area is 87.2 Å². The lowest BCUT2D eigenvalue weighted by Gasteiger charge is -2.18. The van der Waals surface area contributed by atoms with Crippen molar-refractivity contribution in [3.8, 4) is 0 Å². The largest absolute Gasteiger partial charge is 0.380 e. The Bertz CT molecular complexity index is 117. The van der Waals surface area contributed by atoms with Crippen molar-refractivity contribution in [3.63, 3.8) is 0 Å². The average molecular weight is 208 g/mol. The SMILES string of the molecule is CC(C)COCCN(C)CC(C)Cl. The Hall–Kier alpha value is 0.210. The van der Waals surface area contributed by atoms with Gasteiger partial charge in [-0.2, -0.15) is 0 Å². The maximum atomic E-state index is 5.85. The third kappa shape index (κ3) is 10.1. The van der Waals surface area contributed by atoms with Gasteiger partial charge in [0.25, 0.3) is 0 Å². The summed E-state index contributed by atoms with van der Waals surface area (Å²) in [7, 11) is 2.07. The first-order valence-corrected chi connectivity index (χ1v) is 5.36. The molecule has 0 rings (SSSR count).